The molecule has 10 heteroatoms. The van der Waals surface area contributed by atoms with Crippen LogP contribution in [0, 0.1) is 0 Å². The van der Waals surface area contributed by atoms with Gasteiger partial charge in [0.1, 0.15) is 5.54 Å². The highest BCUT2D eigenvalue weighted by Crippen LogP contribution is 2.52. The molecular weight excluding hydrogens is 458 g/mol. The number of carboxylic acid groups (broad SMARTS) is 1. The Morgan fingerprint density at radius 3 is 2.52 bits per heavy atom. The van der Waals surface area contributed by atoms with Crippen LogP contribution in [0.2, 0.25) is 5.02 Å². The average Bonchev–Trinajstić information content (AvgIpc) is 3.10. The lowest BCUT2D eigenvalue weighted by Gasteiger charge is -2.14. The van der Waals surface area contributed by atoms with E-state index in [1.54, 1.807) is 47.0 Å². The monoisotopic (exact) mass is 473 g/mol. The highest BCUT2D eigenvalue weighted by molar-refractivity contribution is 7.91. The maximum absolute atomic E-state index is 13.0. The Morgan fingerprint density at radius 2 is 1.87 bits per heavy atom. The first-order valence-corrected chi connectivity index (χ1v) is 12.0. The lowest BCUT2D eigenvalue weighted by Crippen LogP contribution is -2.44. The van der Waals surface area contributed by atoms with Crippen LogP contribution in [0.3, 0.4) is 0 Å². The first kappa shape index (κ1) is 20.2. The molecule has 0 radical (unpaired) electrons. The quantitative estimate of drug-likeness (QED) is 0.440. The minimum atomic E-state index is -4.05. The molecule has 0 amide bonds. The number of sulfonamides is 1. The number of carbonyl (C=O) groups is 1. The Hall–Kier alpha value is -2.72. The lowest BCUT2D eigenvalue weighted by molar-refractivity contribution is -0.140. The largest absolute Gasteiger partial charge is 0.480 e. The Labute approximate surface area is 187 Å². The molecule has 2 N–H and O–H groups in total. The summed E-state index contributed by atoms with van der Waals surface area (Å²) in [6.07, 6.45) is 3.38. The molecule has 5 rings (SSSR count). The van der Waals surface area contributed by atoms with Gasteiger partial charge in [-0.15, -0.1) is 0 Å². The molecular formula is C21H16ClN3O4S2. The average molecular weight is 474 g/mol. The van der Waals surface area contributed by atoms with Crippen LogP contribution < -0.4 is 4.72 Å². The van der Waals surface area contributed by atoms with Crippen LogP contribution >= 0.6 is 22.9 Å². The lowest BCUT2D eigenvalue weighted by atomic mass is 10.1. The Morgan fingerprint density at radius 1 is 1.16 bits per heavy atom. The van der Waals surface area contributed by atoms with Crippen molar-refractivity contribution in [2.24, 2.45) is 0 Å². The molecule has 1 aliphatic carbocycles. The summed E-state index contributed by atoms with van der Waals surface area (Å²) in [5.41, 5.74) is 0.798. The van der Waals surface area contributed by atoms with E-state index in [-0.39, 0.29) is 10.6 Å². The first-order valence-electron chi connectivity index (χ1n) is 9.35. The van der Waals surface area contributed by atoms with E-state index in [2.05, 4.69) is 9.71 Å². The molecule has 7 nitrogen and oxygen atoms in total. The normalized spacial score (nSPS) is 20.7. The Kier molecular flexibility index (Phi) is 4.67. The van der Waals surface area contributed by atoms with Crippen molar-refractivity contribution in [1.29, 1.82) is 0 Å². The fourth-order valence-electron chi connectivity index (χ4n) is 3.69. The fourth-order valence-corrected chi connectivity index (χ4v) is 6.45. The maximum Gasteiger partial charge on any atom is 0.325 e. The van der Waals surface area contributed by atoms with Gasteiger partial charge in [-0.1, -0.05) is 65.4 Å². The van der Waals surface area contributed by atoms with Crippen molar-refractivity contribution in [2.45, 2.75) is 22.1 Å². The number of imidazole rings is 1. The molecule has 4 aromatic rings. The molecule has 0 bridgehead atoms. The van der Waals surface area contributed by atoms with E-state index in [1.807, 2.05) is 18.2 Å². The number of nitrogens with one attached hydrogen (secondary N) is 1. The van der Waals surface area contributed by atoms with Crippen LogP contribution in [-0.2, 0) is 14.8 Å². The third-order valence-corrected chi connectivity index (χ3v) is 8.62. The molecule has 2 aromatic carbocycles. The molecule has 1 aliphatic rings. The van der Waals surface area contributed by atoms with Gasteiger partial charge in [-0.05, 0) is 24.1 Å². The van der Waals surface area contributed by atoms with Crippen LogP contribution in [-0.4, -0.2) is 34.4 Å². The van der Waals surface area contributed by atoms with E-state index in [0.717, 1.165) is 22.5 Å². The topological polar surface area (TPSA) is 101 Å². The van der Waals surface area contributed by atoms with Crippen LogP contribution in [0.15, 0.2) is 71.2 Å². The zero-order valence-corrected chi connectivity index (χ0v) is 18.3. The number of thiazole rings is 1. The minimum absolute atomic E-state index is 0.0111. The molecule has 2 unspecified atom stereocenters. The summed E-state index contributed by atoms with van der Waals surface area (Å²) in [7, 11) is -4.05. The van der Waals surface area contributed by atoms with Gasteiger partial charge in [0.25, 0.3) is 10.0 Å². The number of halogens is 1. The van der Waals surface area contributed by atoms with Crippen LogP contribution in [0.5, 0.6) is 0 Å². The number of aliphatic carboxylic acids is 1. The molecule has 31 heavy (non-hydrogen) atoms. The number of nitrogens with zero attached hydrogens (tertiary/aromatic N) is 2. The van der Waals surface area contributed by atoms with E-state index in [4.69, 9.17) is 11.6 Å². The number of hydrogen-bond donors (Lipinski definition) is 2. The van der Waals surface area contributed by atoms with Crippen molar-refractivity contribution < 1.29 is 18.3 Å². The second kappa shape index (κ2) is 7.16. The van der Waals surface area contributed by atoms with Crippen molar-refractivity contribution in [3.63, 3.8) is 0 Å². The van der Waals surface area contributed by atoms with Crippen molar-refractivity contribution in [3.8, 4) is 11.3 Å². The van der Waals surface area contributed by atoms with E-state index in [0.29, 0.717) is 15.7 Å². The van der Waals surface area contributed by atoms with Crippen LogP contribution in [0.1, 0.15) is 17.9 Å². The van der Waals surface area contributed by atoms with Crippen LogP contribution in [0.4, 0.5) is 0 Å². The van der Waals surface area contributed by atoms with Gasteiger partial charge in [0.2, 0.25) is 0 Å². The number of aromatic nitrogens is 2. The summed E-state index contributed by atoms with van der Waals surface area (Å²) in [6.45, 7) is 0. The number of benzene rings is 2. The molecule has 1 saturated carbocycles. The van der Waals surface area contributed by atoms with E-state index in [9.17, 15) is 18.3 Å². The first-order chi connectivity index (χ1) is 14.8. The van der Waals surface area contributed by atoms with Gasteiger partial charge in [-0.25, -0.2) is 13.4 Å². The highest BCUT2D eigenvalue weighted by Gasteiger charge is 2.63. The zero-order valence-electron chi connectivity index (χ0n) is 15.9. The number of carboxylic acids is 1. The Bertz CT molecular complexity index is 1370. The number of rotatable bonds is 6. The van der Waals surface area contributed by atoms with Crippen molar-refractivity contribution >= 4 is 43.9 Å². The van der Waals surface area contributed by atoms with Gasteiger partial charge < -0.3 is 5.11 Å². The van der Waals surface area contributed by atoms with Gasteiger partial charge in [-0.2, -0.15) is 4.72 Å². The van der Waals surface area contributed by atoms with E-state index in [1.165, 1.54) is 6.20 Å². The van der Waals surface area contributed by atoms with Gasteiger partial charge in [-0.3, -0.25) is 9.20 Å². The summed E-state index contributed by atoms with van der Waals surface area (Å²) in [4.78, 5) is 17.0. The van der Waals surface area contributed by atoms with Crippen molar-refractivity contribution in [1.82, 2.24) is 14.1 Å². The summed E-state index contributed by atoms with van der Waals surface area (Å²) in [5.74, 6) is -1.60. The van der Waals surface area contributed by atoms with Gasteiger partial charge in [0.05, 0.1) is 5.69 Å². The summed E-state index contributed by atoms with van der Waals surface area (Å²) in [5, 5.41) is 10.4. The minimum Gasteiger partial charge on any atom is -0.480 e. The summed E-state index contributed by atoms with van der Waals surface area (Å²) >= 11 is 6.90. The van der Waals surface area contributed by atoms with Gasteiger partial charge in [0, 0.05) is 28.9 Å². The molecule has 0 aliphatic heterocycles. The maximum atomic E-state index is 13.0. The second-order valence-corrected chi connectivity index (χ2v) is 10.8. The smallest absolute Gasteiger partial charge is 0.325 e. The molecule has 1 fully saturated rings. The SMILES string of the molecule is O=C(O)C1(NS(=O)(=O)c2cn3cc(-c4ccc(Cl)cc4)nc3s2)CC1c1ccccc1. The zero-order chi connectivity index (χ0) is 21.8. The van der Waals surface area contributed by atoms with Gasteiger partial charge >= 0.3 is 5.97 Å². The van der Waals surface area contributed by atoms with Gasteiger partial charge in [0.15, 0.2) is 9.17 Å². The number of hydrogen-bond acceptors (Lipinski definition) is 5. The fraction of sp³-hybridized carbons (Fsp3) is 0.143. The molecule has 2 atom stereocenters. The van der Waals surface area contributed by atoms with E-state index >= 15 is 0 Å². The molecule has 2 heterocycles. The molecule has 0 saturated heterocycles. The molecule has 2 aromatic heterocycles. The summed E-state index contributed by atoms with van der Waals surface area (Å²) < 4.78 is 30.1. The number of fused-ring (bicyclic) bond motifs is 1. The summed E-state index contributed by atoms with van der Waals surface area (Å²) in [6, 6.07) is 16.2. The predicted octanol–water partition coefficient (Wildman–Crippen LogP) is 4.01. The third kappa shape index (κ3) is 3.53. The molecule has 158 valence electrons. The predicted molar refractivity (Wildman–Crippen MR) is 118 cm³/mol. The molecule has 0 spiro atoms. The van der Waals surface area contributed by atoms with Crippen molar-refractivity contribution in [3.05, 3.63) is 77.6 Å². The standard InChI is InChI=1S/C21H16ClN3O4S2/c22-15-8-6-14(7-9-15)17-11-25-12-18(30-20(25)23-17)31(28,29)24-21(19(26)27)10-16(21)13-4-2-1-3-5-13/h1-9,11-12,16,24H,10H2,(H,26,27). The van der Waals surface area contributed by atoms with Crippen LogP contribution in [0.25, 0.3) is 16.2 Å². The Balaban J connectivity index is 1.43. The van der Waals surface area contributed by atoms with E-state index < -0.39 is 27.4 Å². The third-order valence-electron chi connectivity index (χ3n) is 5.40. The highest BCUT2D eigenvalue weighted by atomic mass is 35.5. The second-order valence-electron chi connectivity index (χ2n) is 7.42. The van der Waals surface area contributed by atoms with Crippen molar-refractivity contribution in [2.75, 3.05) is 0 Å².